The third kappa shape index (κ3) is 4.85. The third-order valence-corrected chi connectivity index (χ3v) is 6.20. The van der Waals surface area contributed by atoms with Gasteiger partial charge in [0.2, 0.25) is 0 Å². The number of nitrogens with zero attached hydrogens (tertiary/aromatic N) is 2. The molecule has 1 heterocycles. The summed E-state index contributed by atoms with van der Waals surface area (Å²) in [6.07, 6.45) is 0. The number of hydrogen-bond donors (Lipinski definition) is 1. The van der Waals surface area contributed by atoms with Crippen LogP contribution in [-0.4, -0.2) is 20.9 Å². The Balaban J connectivity index is 1.63. The number of carboxylic acid groups (broad SMARTS) is 1. The molecule has 0 radical (unpaired) electrons. The van der Waals surface area contributed by atoms with Gasteiger partial charge in [-0.1, -0.05) is 83.9 Å². The maximum absolute atomic E-state index is 12.3. The van der Waals surface area contributed by atoms with E-state index < -0.39 is 5.97 Å². The number of carbonyl (C=O) groups is 1. The van der Waals surface area contributed by atoms with Crippen molar-refractivity contribution in [2.24, 2.45) is 0 Å². The molecule has 0 bridgehead atoms. The van der Waals surface area contributed by atoms with Crippen LogP contribution < -0.4 is 4.74 Å². The predicted octanol–water partition coefficient (Wildman–Crippen LogP) is 7.79. The summed E-state index contributed by atoms with van der Waals surface area (Å²) in [5, 5.41) is 15.3. The monoisotopic (exact) mass is 514 g/mol. The van der Waals surface area contributed by atoms with Crippen LogP contribution in [0.25, 0.3) is 28.1 Å². The van der Waals surface area contributed by atoms with Crippen molar-refractivity contribution in [2.45, 2.75) is 6.61 Å². The minimum absolute atomic E-state index is 0.0772. The number of hydrogen-bond acceptors (Lipinski definition) is 3. The average molecular weight is 515 g/mol. The molecule has 178 valence electrons. The first-order valence-corrected chi connectivity index (χ1v) is 11.9. The Labute approximate surface area is 218 Å². The third-order valence-electron chi connectivity index (χ3n) is 5.66. The molecule has 0 saturated carbocycles. The van der Waals surface area contributed by atoms with Crippen molar-refractivity contribution in [3.63, 3.8) is 0 Å². The van der Waals surface area contributed by atoms with Crippen LogP contribution in [0.1, 0.15) is 16.1 Å². The fourth-order valence-corrected chi connectivity index (χ4v) is 4.48. The van der Waals surface area contributed by atoms with Gasteiger partial charge >= 0.3 is 5.97 Å². The number of aromatic nitrogens is 2. The van der Waals surface area contributed by atoms with E-state index in [9.17, 15) is 9.90 Å². The molecule has 0 fully saturated rings. The largest absolute Gasteiger partial charge is 0.489 e. The van der Waals surface area contributed by atoms with E-state index in [-0.39, 0.29) is 5.69 Å². The summed E-state index contributed by atoms with van der Waals surface area (Å²) in [6, 6.07) is 31.7. The van der Waals surface area contributed by atoms with Crippen LogP contribution in [-0.2, 0) is 6.61 Å². The highest BCUT2D eigenvalue weighted by Gasteiger charge is 2.26. The number of aromatic carboxylic acids is 1. The second kappa shape index (κ2) is 10.3. The van der Waals surface area contributed by atoms with E-state index >= 15 is 0 Å². The van der Waals surface area contributed by atoms with Gasteiger partial charge in [0.1, 0.15) is 12.4 Å². The lowest BCUT2D eigenvalue weighted by molar-refractivity contribution is 0.0691. The van der Waals surface area contributed by atoms with E-state index in [1.165, 1.54) is 0 Å². The summed E-state index contributed by atoms with van der Waals surface area (Å²) < 4.78 is 7.50. The molecule has 0 aliphatic rings. The van der Waals surface area contributed by atoms with Crippen LogP contribution in [0.2, 0.25) is 10.0 Å². The van der Waals surface area contributed by atoms with Crippen LogP contribution >= 0.6 is 23.2 Å². The first kappa shape index (κ1) is 23.7. The van der Waals surface area contributed by atoms with Gasteiger partial charge in [0, 0.05) is 16.1 Å². The Kier molecular flexibility index (Phi) is 6.76. The Hall–Kier alpha value is -4.06. The molecule has 7 heteroatoms. The van der Waals surface area contributed by atoms with Gasteiger partial charge in [-0.05, 0) is 53.6 Å². The molecule has 5 nitrogen and oxygen atoms in total. The van der Waals surface area contributed by atoms with E-state index in [1.54, 1.807) is 22.9 Å². The molecular weight excluding hydrogens is 495 g/mol. The van der Waals surface area contributed by atoms with Crippen molar-refractivity contribution in [1.82, 2.24) is 9.78 Å². The van der Waals surface area contributed by atoms with E-state index in [0.29, 0.717) is 39.3 Å². The standard InChI is InChI=1S/C29H20Cl2N2O3/c30-22-13-16-25(24(31)17-22)33-28(26(27(32-33)29(34)35)20-9-5-2-6-10-20)21-11-14-23(15-12-21)36-18-19-7-3-1-4-8-19/h1-17H,18H2,(H,34,35). The normalized spacial score (nSPS) is 10.8. The maximum Gasteiger partial charge on any atom is 0.357 e. The Bertz CT molecular complexity index is 1520. The van der Waals surface area contributed by atoms with Gasteiger partial charge in [-0.15, -0.1) is 0 Å². The molecule has 0 spiro atoms. The minimum atomic E-state index is -1.14. The Morgan fingerprint density at radius 1 is 0.833 bits per heavy atom. The number of benzene rings is 4. The quantitative estimate of drug-likeness (QED) is 0.240. The van der Waals surface area contributed by atoms with Gasteiger partial charge in [-0.2, -0.15) is 5.10 Å². The first-order chi connectivity index (χ1) is 17.5. The predicted molar refractivity (Wildman–Crippen MR) is 142 cm³/mol. The van der Waals surface area contributed by atoms with Crippen LogP contribution in [0.15, 0.2) is 103 Å². The van der Waals surface area contributed by atoms with Gasteiger partial charge in [-0.25, -0.2) is 9.48 Å². The Morgan fingerprint density at radius 2 is 1.50 bits per heavy atom. The van der Waals surface area contributed by atoms with Crippen molar-refractivity contribution in [2.75, 3.05) is 0 Å². The maximum atomic E-state index is 12.3. The molecule has 0 aliphatic carbocycles. The average Bonchev–Trinajstić information content (AvgIpc) is 3.30. The van der Waals surface area contributed by atoms with Crippen LogP contribution in [0.5, 0.6) is 5.75 Å². The Morgan fingerprint density at radius 3 is 2.14 bits per heavy atom. The molecule has 5 rings (SSSR count). The second-order valence-corrected chi connectivity index (χ2v) is 8.89. The molecule has 1 aromatic heterocycles. The summed E-state index contributed by atoms with van der Waals surface area (Å²) in [7, 11) is 0. The molecule has 5 aromatic rings. The smallest absolute Gasteiger partial charge is 0.357 e. The van der Waals surface area contributed by atoms with E-state index in [4.69, 9.17) is 27.9 Å². The number of carboxylic acids is 1. The van der Waals surface area contributed by atoms with Crippen molar-refractivity contribution >= 4 is 29.2 Å². The zero-order valence-corrected chi connectivity index (χ0v) is 20.4. The van der Waals surface area contributed by atoms with Crippen LogP contribution in [0, 0.1) is 0 Å². The summed E-state index contributed by atoms with van der Waals surface area (Å²) in [5.41, 5.74) is 4.08. The van der Waals surface area contributed by atoms with E-state index in [2.05, 4.69) is 5.10 Å². The van der Waals surface area contributed by atoms with E-state index in [0.717, 1.165) is 16.7 Å². The van der Waals surface area contributed by atoms with Gasteiger partial charge in [0.15, 0.2) is 5.69 Å². The SMILES string of the molecule is O=C(O)c1nn(-c2ccc(Cl)cc2Cl)c(-c2ccc(OCc3ccccc3)cc2)c1-c1ccccc1. The first-order valence-electron chi connectivity index (χ1n) is 11.2. The lowest BCUT2D eigenvalue weighted by Crippen LogP contribution is -2.03. The summed E-state index contributed by atoms with van der Waals surface area (Å²) >= 11 is 12.6. The number of rotatable bonds is 7. The molecule has 0 unspecified atom stereocenters. The van der Waals surface area contributed by atoms with Gasteiger partial charge in [-0.3, -0.25) is 0 Å². The molecule has 0 amide bonds. The second-order valence-electron chi connectivity index (χ2n) is 8.05. The van der Waals surface area contributed by atoms with Crippen molar-refractivity contribution in [3.05, 3.63) is 124 Å². The molecule has 4 aromatic carbocycles. The highest BCUT2D eigenvalue weighted by molar-refractivity contribution is 6.35. The molecule has 1 N–H and O–H groups in total. The van der Waals surface area contributed by atoms with Gasteiger partial charge < -0.3 is 9.84 Å². The van der Waals surface area contributed by atoms with Crippen molar-refractivity contribution < 1.29 is 14.6 Å². The lowest BCUT2D eigenvalue weighted by atomic mass is 9.98. The molecule has 0 saturated heterocycles. The lowest BCUT2D eigenvalue weighted by Gasteiger charge is -2.13. The highest BCUT2D eigenvalue weighted by Crippen LogP contribution is 2.39. The van der Waals surface area contributed by atoms with Crippen LogP contribution in [0.4, 0.5) is 0 Å². The van der Waals surface area contributed by atoms with Crippen LogP contribution in [0.3, 0.4) is 0 Å². The fraction of sp³-hybridized carbons (Fsp3) is 0.0345. The van der Waals surface area contributed by atoms with Crippen molar-refractivity contribution in [1.29, 1.82) is 0 Å². The van der Waals surface area contributed by atoms with Gasteiger partial charge in [0.05, 0.1) is 16.4 Å². The summed E-state index contributed by atoms with van der Waals surface area (Å²) in [5.74, 6) is -0.445. The highest BCUT2D eigenvalue weighted by atomic mass is 35.5. The minimum Gasteiger partial charge on any atom is -0.489 e. The summed E-state index contributed by atoms with van der Waals surface area (Å²) in [6.45, 7) is 0.441. The van der Waals surface area contributed by atoms with E-state index in [1.807, 2.05) is 84.9 Å². The topological polar surface area (TPSA) is 64.3 Å². The molecule has 0 aliphatic heterocycles. The molecule has 0 atom stereocenters. The molecule has 36 heavy (non-hydrogen) atoms. The zero-order valence-electron chi connectivity index (χ0n) is 18.9. The summed E-state index contributed by atoms with van der Waals surface area (Å²) in [4.78, 5) is 12.3. The number of halogens is 2. The molecular formula is C29H20Cl2N2O3. The van der Waals surface area contributed by atoms with Gasteiger partial charge in [0.25, 0.3) is 0 Å². The van der Waals surface area contributed by atoms with Crippen molar-refractivity contribution in [3.8, 4) is 33.8 Å². The zero-order chi connectivity index (χ0) is 25.1. The fourth-order valence-electron chi connectivity index (χ4n) is 3.99. The number of ether oxygens (including phenoxy) is 1.